The minimum absolute atomic E-state index is 0. The van der Waals surface area contributed by atoms with Gasteiger partial charge in [-0.1, -0.05) is 35.4 Å². The Labute approximate surface area is 228 Å². The summed E-state index contributed by atoms with van der Waals surface area (Å²) in [5.41, 5.74) is 1.10. The zero-order valence-electron chi connectivity index (χ0n) is 20.7. The molecule has 2 heterocycles. The molecule has 0 radical (unpaired) electrons. The van der Waals surface area contributed by atoms with Crippen LogP contribution in [0.5, 0.6) is 0 Å². The van der Waals surface area contributed by atoms with Crippen LogP contribution >= 0.6 is 35.3 Å². The highest BCUT2D eigenvalue weighted by atomic mass is 35.5. The van der Waals surface area contributed by atoms with Gasteiger partial charge >= 0.3 is 0 Å². The zero-order valence-corrected chi connectivity index (χ0v) is 23.9. The molecule has 1 amide bonds. The fourth-order valence-corrected chi connectivity index (χ4v) is 7.33. The maximum Gasteiger partial charge on any atom is 0.260 e. The number of hydrogen-bond acceptors (Lipinski definition) is 6. The number of carbonyl (C=O) groups is 1. The van der Waals surface area contributed by atoms with Crippen molar-refractivity contribution in [1.82, 2.24) is 14.2 Å². The van der Waals surface area contributed by atoms with Crippen molar-refractivity contribution in [3.05, 3.63) is 53.1 Å². The number of nitrogens with zero attached hydrogens (tertiary/aromatic N) is 4. The second-order valence-corrected chi connectivity index (χ2v) is 12.5. The Balaban J connectivity index is 0.00000361. The van der Waals surface area contributed by atoms with Gasteiger partial charge < -0.3 is 4.90 Å². The molecule has 0 spiro atoms. The van der Waals surface area contributed by atoms with Crippen LogP contribution in [0.4, 0.5) is 5.13 Å². The molecule has 0 N–H and O–H groups in total. The summed E-state index contributed by atoms with van der Waals surface area (Å²) in [5.74, 6) is -0.214. The molecule has 4 rings (SSSR count). The van der Waals surface area contributed by atoms with Gasteiger partial charge in [-0.2, -0.15) is 4.31 Å². The van der Waals surface area contributed by atoms with Crippen molar-refractivity contribution in [2.45, 2.75) is 43.5 Å². The fraction of sp³-hybridized carbons (Fsp3) is 0.440. The van der Waals surface area contributed by atoms with Gasteiger partial charge in [-0.05, 0) is 83.2 Å². The molecule has 11 heteroatoms. The monoisotopic (exact) mass is 570 g/mol. The Bertz CT molecular complexity index is 1300. The number of aromatic nitrogens is 1. The van der Waals surface area contributed by atoms with E-state index in [0.717, 1.165) is 36.9 Å². The first kappa shape index (κ1) is 28.8. The number of anilines is 1. The first-order chi connectivity index (χ1) is 16.7. The lowest BCUT2D eigenvalue weighted by Gasteiger charge is -2.32. The summed E-state index contributed by atoms with van der Waals surface area (Å²) in [6, 6.07) is 11.8. The summed E-state index contributed by atoms with van der Waals surface area (Å²) >= 11 is 7.75. The lowest BCUT2D eigenvalue weighted by Crippen LogP contribution is -2.41. The smallest absolute Gasteiger partial charge is 0.260 e. The quantitative estimate of drug-likeness (QED) is 0.356. The van der Waals surface area contributed by atoms with Gasteiger partial charge in [-0.3, -0.25) is 9.69 Å². The van der Waals surface area contributed by atoms with Crippen molar-refractivity contribution in [2.24, 2.45) is 0 Å². The molecule has 36 heavy (non-hydrogen) atoms. The minimum atomic E-state index is -3.59. The predicted molar refractivity (Wildman–Crippen MR) is 150 cm³/mol. The summed E-state index contributed by atoms with van der Waals surface area (Å²) in [6.07, 6.45) is 3.54. The van der Waals surface area contributed by atoms with E-state index in [1.807, 2.05) is 33.2 Å². The standard InChI is InChI=1S/C25H31ClN4O3S2.ClH/c1-18-8-4-5-17-30(18)35(32,33)20-13-11-19(12-14-20)24(31)29(16-7-15-28(2)3)25-27-23-21(26)9-6-10-22(23)34-25;/h6,9-14,18H,4-5,7-8,15-17H2,1-3H3;1H. The van der Waals surface area contributed by atoms with Crippen LogP contribution in [0.25, 0.3) is 10.2 Å². The van der Waals surface area contributed by atoms with E-state index in [2.05, 4.69) is 9.88 Å². The number of fused-ring (bicyclic) bond motifs is 1. The van der Waals surface area contributed by atoms with Gasteiger partial charge in [0.15, 0.2) is 5.13 Å². The molecule has 1 aliphatic heterocycles. The number of benzene rings is 2. The molecule has 1 fully saturated rings. The van der Waals surface area contributed by atoms with Crippen molar-refractivity contribution in [2.75, 3.05) is 38.6 Å². The van der Waals surface area contributed by atoms with Crippen LogP contribution in [0.2, 0.25) is 5.02 Å². The van der Waals surface area contributed by atoms with Crippen LogP contribution in [-0.4, -0.2) is 68.3 Å². The van der Waals surface area contributed by atoms with Crippen molar-refractivity contribution < 1.29 is 13.2 Å². The summed E-state index contributed by atoms with van der Waals surface area (Å²) in [6.45, 7) is 3.79. The largest absolute Gasteiger partial charge is 0.309 e. The number of sulfonamides is 1. The lowest BCUT2D eigenvalue weighted by atomic mass is 10.1. The lowest BCUT2D eigenvalue weighted by molar-refractivity contribution is 0.0986. The Morgan fingerprint density at radius 2 is 1.86 bits per heavy atom. The average molecular weight is 572 g/mol. The van der Waals surface area contributed by atoms with E-state index in [0.29, 0.717) is 34.3 Å². The number of hydrogen-bond donors (Lipinski definition) is 0. The maximum absolute atomic E-state index is 13.6. The van der Waals surface area contributed by atoms with Crippen molar-refractivity contribution >= 4 is 66.6 Å². The van der Waals surface area contributed by atoms with Gasteiger partial charge in [0, 0.05) is 24.7 Å². The minimum Gasteiger partial charge on any atom is -0.309 e. The van der Waals surface area contributed by atoms with Crippen molar-refractivity contribution in [3.8, 4) is 0 Å². The Hall–Kier alpha value is -1.75. The summed E-state index contributed by atoms with van der Waals surface area (Å²) in [5, 5.41) is 1.13. The van der Waals surface area contributed by atoms with Crippen molar-refractivity contribution in [3.63, 3.8) is 0 Å². The molecule has 2 aromatic carbocycles. The molecule has 1 unspecified atom stereocenters. The number of carbonyl (C=O) groups excluding carboxylic acids is 1. The molecule has 1 aliphatic rings. The van der Waals surface area contributed by atoms with Crippen molar-refractivity contribution in [1.29, 1.82) is 0 Å². The number of halogens is 2. The molecule has 0 saturated carbocycles. The number of piperidine rings is 1. The van der Waals surface area contributed by atoms with E-state index in [4.69, 9.17) is 11.6 Å². The fourth-order valence-electron chi connectivity index (χ4n) is 4.34. The van der Waals surface area contributed by atoms with Gasteiger partial charge in [0.25, 0.3) is 5.91 Å². The molecule has 0 bridgehead atoms. The van der Waals surface area contributed by atoms with E-state index < -0.39 is 10.0 Å². The Morgan fingerprint density at radius 3 is 2.50 bits per heavy atom. The molecular formula is C25H32Cl2N4O3S2. The maximum atomic E-state index is 13.6. The van der Waals surface area contributed by atoms with Crippen LogP contribution in [-0.2, 0) is 10.0 Å². The number of thiazole rings is 1. The molecule has 196 valence electrons. The van der Waals surface area contributed by atoms with E-state index in [-0.39, 0.29) is 29.3 Å². The van der Waals surface area contributed by atoms with Gasteiger partial charge in [-0.25, -0.2) is 13.4 Å². The van der Waals surface area contributed by atoms with Crippen LogP contribution in [0.15, 0.2) is 47.4 Å². The number of amides is 1. The second kappa shape index (κ2) is 12.2. The first-order valence-corrected chi connectivity index (χ1v) is 14.5. The van der Waals surface area contributed by atoms with E-state index in [9.17, 15) is 13.2 Å². The molecular weight excluding hydrogens is 539 g/mol. The average Bonchev–Trinajstić information content (AvgIpc) is 3.27. The normalized spacial score (nSPS) is 16.8. The van der Waals surface area contributed by atoms with Crippen LogP contribution in [0, 0.1) is 0 Å². The third kappa shape index (κ3) is 6.20. The van der Waals surface area contributed by atoms with Gasteiger partial charge in [0.05, 0.1) is 14.6 Å². The van der Waals surface area contributed by atoms with E-state index in [1.54, 1.807) is 27.4 Å². The highest BCUT2D eigenvalue weighted by molar-refractivity contribution is 7.89. The van der Waals surface area contributed by atoms with Crippen LogP contribution in [0.3, 0.4) is 0 Å². The highest BCUT2D eigenvalue weighted by Gasteiger charge is 2.31. The zero-order chi connectivity index (χ0) is 25.2. The van der Waals surface area contributed by atoms with Gasteiger partial charge in [0.2, 0.25) is 10.0 Å². The third-order valence-electron chi connectivity index (χ3n) is 6.27. The first-order valence-electron chi connectivity index (χ1n) is 11.8. The predicted octanol–water partition coefficient (Wildman–Crippen LogP) is 5.53. The number of rotatable bonds is 8. The van der Waals surface area contributed by atoms with Crippen LogP contribution < -0.4 is 4.90 Å². The topological polar surface area (TPSA) is 73.8 Å². The molecule has 0 aliphatic carbocycles. The Morgan fingerprint density at radius 1 is 1.14 bits per heavy atom. The van der Waals surface area contributed by atoms with Gasteiger partial charge in [0.1, 0.15) is 5.52 Å². The number of para-hydroxylation sites is 1. The highest BCUT2D eigenvalue weighted by Crippen LogP contribution is 2.34. The third-order valence-corrected chi connectivity index (χ3v) is 9.65. The van der Waals surface area contributed by atoms with E-state index >= 15 is 0 Å². The van der Waals surface area contributed by atoms with Gasteiger partial charge in [-0.15, -0.1) is 12.4 Å². The van der Waals surface area contributed by atoms with E-state index in [1.165, 1.54) is 23.5 Å². The Kier molecular flexibility index (Phi) is 9.76. The summed E-state index contributed by atoms with van der Waals surface area (Å²) < 4.78 is 28.8. The molecule has 7 nitrogen and oxygen atoms in total. The second-order valence-electron chi connectivity index (χ2n) is 9.18. The molecule has 3 aromatic rings. The molecule has 1 saturated heterocycles. The summed E-state index contributed by atoms with van der Waals surface area (Å²) in [4.78, 5) is 22.2. The molecule has 1 aromatic heterocycles. The SMILES string of the molecule is CC1CCCCN1S(=O)(=O)c1ccc(C(=O)N(CCCN(C)C)c2nc3c(Cl)cccc3s2)cc1.Cl. The summed E-state index contributed by atoms with van der Waals surface area (Å²) in [7, 11) is 0.390. The van der Waals surface area contributed by atoms with Crippen LogP contribution in [0.1, 0.15) is 43.0 Å². The molecule has 1 atom stereocenters.